The van der Waals surface area contributed by atoms with E-state index in [1.54, 1.807) is 11.4 Å². The van der Waals surface area contributed by atoms with Gasteiger partial charge in [-0.25, -0.2) is 9.59 Å². The lowest BCUT2D eigenvalue weighted by atomic mass is 10.0. The highest BCUT2D eigenvalue weighted by molar-refractivity contribution is 7.12. The molecule has 3 heterocycles. The van der Waals surface area contributed by atoms with Crippen LogP contribution in [-0.2, 0) is 11.3 Å². The number of hydrogen-bond donors (Lipinski definition) is 1. The first-order valence-corrected chi connectivity index (χ1v) is 8.92. The summed E-state index contributed by atoms with van der Waals surface area (Å²) in [5.74, 6) is -0.432. The molecule has 6 nitrogen and oxygen atoms in total. The molecule has 24 heavy (non-hydrogen) atoms. The van der Waals surface area contributed by atoms with Crippen LogP contribution in [0.1, 0.15) is 41.2 Å². The standard InChI is InChI=1S/C17H21N3O3S/c1-3-5-14-13-6-4-8-19(13)9-10-20(14)17(22)18-12-7-11-24-15(12)16(21)23-2/h4,6-8,11,14H,3,5,9-10H2,1-2H3,(H,18,22)/t14-/m1/s1. The molecular formula is C17H21N3O3S. The highest BCUT2D eigenvalue weighted by Crippen LogP contribution is 2.31. The van der Waals surface area contributed by atoms with E-state index in [9.17, 15) is 9.59 Å². The van der Waals surface area contributed by atoms with E-state index in [4.69, 9.17) is 4.74 Å². The van der Waals surface area contributed by atoms with Crippen LogP contribution < -0.4 is 5.32 Å². The number of esters is 1. The van der Waals surface area contributed by atoms with Gasteiger partial charge in [0.05, 0.1) is 18.8 Å². The van der Waals surface area contributed by atoms with E-state index in [1.165, 1.54) is 18.4 Å². The van der Waals surface area contributed by atoms with Crippen LogP contribution in [-0.4, -0.2) is 35.1 Å². The minimum absolute atomic E-state index is 0.0546. The Labute approximate surface area is 145 Å². The zero-order valence-electron chi connectivity index (χ0n) is 13.8. The predicted molar refractivity (Wildman–Crippen MR) is 93.5 cm³/mol. The number of hydrogen-bond acceptors (Lipinski definition) is 4. The second-order valence-corrected chi connectivity index (χ2v) is 6.63. The van der Waals surface area contributed by atoms with Crippen molar-refractivity contribution in [2.75, 3.05) is 19.0 Å². The van der Waals surface area contributed by atoms with Crippen molar-refractivity contribution >= 4 is 29.0 Å². The van der Waals surface area contributed by atoms with Crippen molar-refractivity contribution in [3.63, 3.8) is 0 Å². The van der Waals surface area contributed by atoms with Gasteiger partial charge in [0.15, 0.2) is 0 Å². The van der Waals surface area contributed by atoms with E-state index in [0.717, 1.165) is 25.1 Å². The number of methoxy groups -OCH3 is 1. The number of anilines is 1. The molecule has 1 aliphatic rings. The van der Waals surface area contributed by atoms with Crippen LogP contribution in [0.25, 0.3) is 0 Å². The van der Waals surface area contributed by atoms with E-state index in [2.05, 4.69) is 29.1 Å². The minimum Gasteiger partial charge on any atom is -0.465 e. The maximum atomic E-state index is 12.8. The van der Waals surface area contributed by atoms with Gasteiger partial charge in [-0.05, 0) is 30.0 Å². The van der Waals surface area contributed by atoms with Gasteiger partial charge in [-0.15, -0.1) is 11.3 Å². The number of thiophene rings is 1. The van der Waals surface area contributed by atoms with E-state index >= 15 is 0 Å². The molecule has 128 valence electrons. The van der Waals surface area contributed by atoms with Gasteiger partial charge in [-0.3, -0.25) is 0 Å². The zero-order chi connectivity index (χ0) is 17.1. The molecule has 0 radical (unpaired) electrons. The fourth-order valence-electron chi connectivity index (χ4n) is 3.13. The Kier molecular flexibility index (Phi) is 4.89. The van der Waals surface area contributed by atoms with E-state index < -0.39 is 5.97 Å². The summed E-state index contributed by atoms with van der Waals surface area (Å²) >= 11 is 1.26. The van der Waals surface area contributed by atoms with Gasteiger partial charge in [0.25, 0.3) is 0 Å². The molecule has 1 N–H and O–H groups in total. The number of aromatic nitrogens is 1. The first-order valence-electron chi connectivity index (χ1n) is 8.04. The first-order chi connectivity index (χ1) is 11.7. The second kappa shape index (κ2) is 7.09. The van der Waals surface area contributed by atoms with Crippen LogP contribution in [0.3, 0.4) is 0 Å². The van der Waals surface area contributed by atoms with Gasteiger partial charge in [0, 0.05) is 25.0 Å². The lowest BCUT2D eigenvalue weighted by Gasteiger charge is -2.37. The molecular weight excluding hydrogens is 326 g/mol. The number of urea groups is 1. The average Bonchev–Trinajstić information content (AvgIpc) is 3.23. The number of carbonyl (C=O) groups excluding carboxylic acids is 2. The highest BCUT2D eigenvalue weighted by Gasteiger charge is 2.30. The number of amides is 2. The summed E-state index contributed by atoms with van der Waals surface area (Å²) in [6.45, 7) is 3.55. The molecule has 3 rings (SSSR count). The summed E-state index contributed by atoms with van der Waals surface area (Å²) in [6, 6.07) is 5.71. The van der Waals surface area contributed by atoms with Gasteiger partial charge in [0.1, 0.15) is 4.88 Å². The monoisotopic (exact) mass is 347 g/mol. The summed E-state index contributed by atoms with van der Waals surface area (Å²) in [4.78, 5) is 26.8. The molecule has 2 aromatic heterocycles. The number of nitrogens with zero attached hydrogens (tertiary/aromatic N) is 2. The van der Waals surface area contributed by atoms with Crippen LogP contribution in [0.5, 0.6) is 0 Å². The topological polar surface area (TPSA) is 63.6 Å². The average molecular weight is 347 g/mol. The first kappa shape index (κ1) is 16.6. The molecule has 0 bridgehead atoms. The van der Waals surface area contributed by atoms with Gasteiger partial charge in [-0.2, -0.15) is 0 Å². The quantitative estimate of drug-likeness (QED) is 0.857. The summed E-state index contributed by atoms with van der Waals surface area (Å²) in [7, 11) is 1.34. The van der Waals surface area contributed by atoms with Crippen molar-refractivity contribution in [3.05, 3.63) is 40.3 Å². The summed E-state index contributed by atoms with van der Waals surface area (Å²) in [5, 5.41) is 4.64. The molecule has 0 aromatic carbocycles. The zero-order valence-corrected chi connectivity index (χ0v) is 14.6. The third-order valence-electron chi connectivity index (χ3n) is 4.26. The SMILES string of the molecule is CCC[C@@H]1c2cccn2CCN1C(=O)Nc1ccsc1C(=O)OC. The Hall–Kier alpha value is -2.28. The number of carbonyl (C=O) groups is 2. The third-order valence-corrected chi connectivity index (χ3v) is 5.16. The van der Waals surface area contributed by atoms with Crippen LogP contribution in [0, 0.1) is 0 Å². The molecule has 2 aromatic rings. The van der Waals surface area contributed by atoms with E-state index in [1.807, 2.05) is 11.0 Å². The van der Waals surface area contributed by atoms with Crippen LogP contribution >= 0.6 is 11.3 Å². The second-order valence-electron chi connectivity index (χ2n) is 5.71. The fraction of sp³-hybridized carbons (Fsp3) is 0.412. The lowest BCUT2D eigenvalue weighted by Crippen LogP contribution is -2.44. The lowest BCUT2D eigenvalue weighted by molar-refractivity contribution is 0.0607. The molecule has 0 unspecified atom stereocenters. The smallest absolute Gasteiger partial charge is 0.350 e. The normalized spacial score (nSPS) is 16.6. The van der Waals surface area contributed by atoms with Crippen molar-refractivity contribution in [1.82, 2.24) is 9.47 Å². The molecule has 7 heteroatoms. The number of fused-ring (bicyclic) bond motifs is 1. The van der Waals surface area contributed by atoms with Crippen molar-refractivity contribution in [2.45, 2.75) is 32.4 Å². The highest BCUT2D eigenvalue weighted by atomic mass is 32.1. The largest absolute Gasteiger partial charge is 0.465 e. The number of ether oxygens (including phenoxy) is 1. The van der Waals surface area contributed by atoms with Gasteiger partial charge >= 0.3 is 12.0 Å². The van der Waals surface area contributed by atoms with E-state index in [0.29, 0.717) is 17.1 Å². The maximum absolute atomic E-state index is 12.8. The molecule has 0 spiro atoms. The molecule has 1 atom stereocenters. The van der Waals surface area contributed by atoms with Crippen molar-refractivity contribution < 1.29 is 14.3 Å². The predicted octanol–water partition coefficient (Wildman–Crippen LogP) is 3.73. The number of nitrogens with one attached hydrogen (secondary N) is 1. The van der Waals surface area contributed by atoms with Crippen LogP contribution in [0.15, 0.2) is 29.8 Å². The number of rotatable bonds is 4. The van der Waals surface area contributed by atoms with Crippen LogP contribution in [0.4, 0.5) is 10.5 Å². The van der Waals surface area contributed by atoms with Gasteiger partial charge < -0.3 is 19.5 Å². The Morgan fingerprint density at radius 1 is 1.38 bits per heavy atom. The van der Waals surface area contributed by atoms with Crippen molar-refractivity contribution in [3.8, 4) is 0 Å². The molecule has 0 saturated carbocycles. The minimum atomic E-state index is -0.432. The van der Waals surface area contributed by atoms with Gasteiger partial charge in [-0.1, -0.05) is 13.3 Å². The maximum Gasteiger partial charge on any atom is 0.350 e. The Morgan fingerprint density at radius 3 is 2.96 bits per heavy atom. The van der Waals surface area contributed by atoms with Crippen molar-refractivity contribution in [2.24, 2.45) is 0 Å². The molecule has 1 aliphatic heterocycles. The summed E-state index contributed by atoms with van der Waals surface area (Å²) < 4.78 is 6.96. The molecule has 0 aliphatic carbocycles. The fourth-order valence-corrected chi connectivity index (χ4v) is 3.90. The molecule has 0 fully saturated rings. The Balaban J connectivity index is 1.80. The third kappa shape index (κ3) is 3.03. The summed E-state index contributed by atoms with van der Waals surface area (Å²) in [6.07, 6.45) is 3.96. The van der Waals surface area contributed by atoms with Gasteiger partial charge in [0.2, 0.25) is 0 Å². The Morgan fingerprint density at radius 2 is 2.21 bits per heavy atom. The Bertz CT molecular complexity index is 737. The van der Waals surface area contributed by atoms with E-state index in [-0.39, 0.29) is 12.1 Å². The molecule has 2 amide bonds. The van der Waals surface area contributed by atoms with Crippen molar-refractivity contribution in [1.29, 1.82) is 0 Å². The summed E-state index contributed by atoms with van der Waals surface area (Å²) in [5.41, 5.74) is 1.67. The molecule has 0 saturated heterocycles. The van der Waals surface area contributed by atoms with Crippen LogP contribution in [0.2, 0.25) is 0 Å².